The predicted molar refractivity (Wildman–Crippen MR) is 279 cm³/mol. The summed E-state index contributed by atoms with van der Waals surface area (Å²) in [6, 6.07) is 13.9. The fourth-order valence-corrected chi connectivity index (χ4v) is 10.5. The molecule has 0 radical (unpaired) electrons. The molecule has 0 aliphatic carbocycles. The molecule has 3 aromatic carbocycles. The molecule has 1 fully saturated rings. The average molecular weight is 1050 g/mol. The summed E-state index contributed by atoms with van der Waals surface area (Å²) in [5.41, 5.74) is 20.5. The van der Waals surface area contributed by atoms with Gasteiger partial charge in [0.2, 0.25) is 47.3 Å². The summed E-state index contributed by atoms with van der Waals surface area (Å²) < 4.78 is 0. The highest BCUT2D eigenvalue weighted by Crippen LogP contribution is 2.25. The first-order valence-electron chi connectivity index (χ1n) is 24.0. The molecule has 4 aromatic rings. The summed E-state index contributed by atoms with van der Waals surface area (Å²) >= 11 is 0. The van der Waals surface area contributed by atoms with E-state index in [0.29, 0.717) is 24.0 Å². The Bertz CT molecular complexity index is 2520. The lowest BCUT2D eigenvalue weighted by Crippen LogP contribution is -2.63. The monoisotopic (exact) mass is 1050 g/mol. The van der Waals surface area contributed by atoms with E-state index in [1.54, 1.807) is 60.8 Å². The Morgan fingerprint density at radius 1 is 0.767 bits per heavy atom. The Morgan fingerprint density at radius 2 is 1.40 bits per heavy atom. The second kappa shape index (κ2) is 28.1. The molecule has 2 heterocycles. The van der Waals surface area contributed by atoms with Crippen LogP contribution in [0.25, 0.3) is 10.9 Å². The normalized spacial score (nSPS) is 22.6. The smallest absolute Gasteiger partial charge is 0.245 e. The summed E-state index contributed by atoms with van der Waals surface area (Å²) in [6.45, 7) is 2.72. The molecule has 15 N–H and O–H groups in total. The van der Waals surface area contributed by atoms with Crippen LogP contribution in [0.2, 0.25) is 0 Å². The number of hydrogen-bond acceptors (Lipinski definition) is 14. The quantitative estimate of drug-likeness (QED) is 0.0448. The average Bonchev–Trinajstić information content (AvgIpc) is 3.77. The minimum atomic E-state index is -1.71. The van der Waals surface area contributed by atoms with E-state index in [1.165, 1.54) is 20.9 Å². The van der Waals surface area contributed by atoms with E-state index >= 15 is 4.79 Å². The van der Waals surface area contributed by atoms with Gasteiger partial charge in [0, 0.05) is 48.5 Å². The predicted octanol–water partition coefficient (Wildman–Crippen LogP) is -0.970. The summed E-state index contributed by atoms with van der Waals surface area (Å²) in [6.07, 6.45) is -0.487. The first-order valence-corrected chi connectivity index (χ1v) is 26.4. The van der Waals surface area contributed by atoms with E-state index < -0.39 is 108 Å². The Labute approximate surface area is 431 Å². The molecule has 21 nitrogen and oxygen atoms in total. The van der Waals surface area contributed by atoms with Gasteiger partial charge in [-0.3, -0.25) is 38.4 Å². The number of nitrogens with zero attached hydrogens (tertiary/aromatic N) is 1. The van der Waals surface area contributed by atoms with Gasteiger partial charge in [-0.2, -0.15) is 0 Å². The molecule has 1 aromatic heterocycles. The molecule has 10 atom stereocenters. The first kappa shape index (κ1) is 57.4. The number of rotatable bonds is 17. The minimum Gasteiger partial charge on any atom is -0.391 e. The van der Waals surface area contributed by atoms with Gasteiger partial charge in [-0.1, -0.05) is 100 Å². The second-order valence-corrected chi connectivity index (χ2v) is 20.5. The van der Waals surface area contributed by atoms with Crippen molar-refractivity contribution >= 4 is 79.7 Å². The number of aliphatic hydroxyl groups is 2. The lowest BCUT2D eigenvalue weighted by atomic mass is 10.00. The molecule has 73 heavy (non-hydrogen) atoms. The largest absolute Gasteiger partial charge is 0.391 e. The number of unbranched alkanes of at least 4 members (excludes halogenated alkanes) is 1. The third kappa shape index (κ3) is 16.8. The van der Waals surface area contributed by atoms with Gasteiger partial charge in [0.25, 0.3) is 0 Å². The Balaban J connectivity index is 1.60. The maximum Gasteiger partial charge on any atom is 0.245 e. The second-order valence-electron chi connectivity index (χ2n) is 18.0. The number of carbonyl (C=O) groups excluding carboxylic acids is 8. The molecular formula is C50H67N11O10S2. The number of aliphatic hydroxyl groups excluding tert-OH is 2. The van der Waals surface area contributed by atoms with Crippen molar-refractivity contribution < 1.29 is 48.6 Å². The number of nitrogens with two attached hydrogens (primary N) is 3. The van der Waals surface area contributed by atoms with Gasteiger partial charge in [-0.25, -0.2) is 0 Å². The topological polar surface area (TPSA) is 346 Å². The summed E-state index contributed by atoms with van der Waals surface area (Å²) in [5, 5.41) is 37.8. The van der Waals surface area contributed by atoms with Crippen LogP contribution in [0.5, 0.6) is 0 Å². The number of para-hydroxylation sites is 1. The number of aromatic nitrogens is 1. The number of likely N-dealkylation sites (N-methyl/N-ethyl adjacent to an activating group) is 1. The molecule has 0 spiro atoms. The molecule has 0 saturated carbocycles. The number of hydrogen-bond donors (Lipinski definition) is 12. The summed E-state index contributed by atoms with van der Waals surface area (Å²) in [7, 11) is 3.34. The van der Waals surface area contributed by atoms with Gasteiger partial charge in [0.1, 0.15) is 42.3 Å². The van der Waals surface area contributed by atoms with Gasteiger partial charge in [-0.15, -0.1) is 0 Å². The van der Waals surface area contributed by atoms with Gasteiger partial charge in [0.15, 0.2) is 0 Å². The van der Waals surface area contributed by atoms with Crippen LogP contribution in [0.15, 0.2) is 91.1 Å². The zero-order valence-corrected chi connectivity index (χ0v) is 42.6. The van der Waals surface area contributed by atoms with Gasteiger partial charge in [-0.05, 0) is 68.8 Å². The van der Waals surface area contributed by atoms with E-state index in [2.05, 4.69) is 36.9 Å². The van der Waals surface area contributed by atoms with E-state index in [4.69, 9.17) is 17.2 Å². The number of H-pyrrole nitrogens is 1. The molecule has 3 unspecified atom stereocenters. The lowest BCUT2D eigenvalue weighted by molar-refractivity contribution is -0.144. The van der Waals surface area contributed by atoms with Crippen molar-refractivity contribution in [3.05, 3.63) is 108 Å². The highest BCUT2D eigenvalue weighted by molar-refractivity contribution is 8.76. The summed E-state index contributed by atoms with van der Waals surface area (Å²) in [5.74, 6) is -7.35. The summed E-state index contributed by atoms with van der Waals surface area (Å²) in [4.78, 5) is 117. The number of amides is 8. The van der Waals surface area contributed by atoms with Crippen LogP contribution in [0.4, 0.5) is 0 Å². The van der Waals surface area contributed by atoms with Crippen molar-refractivity contribution in [3.8, 4) is 0 Å². The van der Waals surface area contributed by atoms with E-state index in [1.807, 2.05) is 30.3 Å². The van der Waals surface area contributed by atoms with Gasteiger partial charge in [0.05, 0.1) is 18.2 Å². The number of primary amides is 1. The molecule has 5 rings (SSSR count). The first-order chi connectivity index (χ1) is 34.9. The molecular weight excluding hydrogens is 979 g/mol. The van der Waals surface area contributed by atoms with Crippen molar-refractivity contribution in [2.24, 2.45) is 17.2 Å². The number of fused-ring (bicyclic) bond motifs is 1. The van der Waals surface area contributed by atoms with Crippen molar-refractivity contribution in [2.45, 2.75) is 113 Å². The fraction of sp³-hybridized carbons (Fsp3) is 0.440. The number of benzene rings is 3. The van der Waals surface area contributed by atoms with Crippen molar-refractivity contribution in [2.75, 3.05) is 25.1 Å². The van der Waals surface area contributed by atoms with Crippen LogP contribution in [-0.2, 0) is 57.6 Å². The SMILES string of the molecule is C[C@@H](O)C1NC(=O)[C@H](CCCCN)N(C)C(=O)[C@@H](Cc2c[nH]c3ccccc23)NC(=O)C(Cc2ccccc2)NC(=O)[C@@H](NC(=O)[C@H](N)Cc2ccccc2)CSSCC(C(=O)N[C@H](C(N)=O)[C@@H](C)O)NC1=O. The molecule has 1 aliphatic heterocycles. The van der Waals surface area contributed by atoms with Crippen LogP contribution >= 0.6 is 21.6 Å². The third-order valence-electron chi connectivity index (χ3n) is 12.3. The number of nitrogens with one attached hydrogen (secondary N) is 7. The zero-order valence-electron chi connectivity index (χ0n) is 41.0. The third-order valence-corrected chi connectivity index (χ3v) is 14.7. The molecule has 394 valence electrons. The highest BCUT2D eigenvalue weighted by Gasteiger charge is 2.39. The Kier molecular flexibility index (Phi) is 22.1. The van der Waals surface area contributed by atoms with E-state index in [-0.39, 0.29) is 43.7 Å². The van der Waals surface area contributed by atoms with Crippen LogP contribution < -0.4 is 49.1 Å². The zero-order chi connectivity index (χ0) is 53.2. The fourth-order valence-electron chi connectivity index (χ4n) is 8.14. The van der Waals surface area contributed by atoms with Gasteiger partial charge >= 0.3 is 0 Å². The number of aromatic amines is 1. The van der Waals surface area contributed by atoms with Crippen LogP contribution in [0.3, 0.4) is 0 Å². The maximum atomic E-state index is 15.0. The Morgan fingerprint density at radius 3 is 2.04 bits per heavy atom. The van der Waals surface area contributed by atoms with Crippen molar-refractivity contribution in [3.63, 3.8) is 0 Å². The molecule has 0 bridgehead atoms. The minimum absolute atomic E-state index is 0.0364. The molecule has 8 amide bonds. The van der Waals surface area contributed by atoms with Crippen molar-refractivity contribution in [1.82, 2.24) is 41.8 Å². The van der Waals surface area contributed by atoms with Crippen LogP contribution in [-0.4, -0.2) is 153 Å². The number of carbonyl (C=O) groups is 8. The van der Waals surface area contributed by atoms with E-state index in [0.717, 1.165) is 43.0 Å². The van der Waals surface area contributed by atoms with Crippen LogP contribution in [0, 0.1) is 0 Å². The van der Waals surface area contributed by atoms with E-state index in [9.17, 15) is 43.8 Å². The van der Waals surface area contributed by atoms with Crippen LogP contribution in [0.1, 0.15) is 49.8 Å². The maximum absolute atomic E-state index is 15.0. The lowest BCUT2D eigenvalue weighted by Gasteiger charge is -2.33. The molecule has 1 aliphatic rings. The Hall–Kier alpha value is -6.50. The standard InChI is InChI=1S/C50H67N11O10S2/c1-28(62)41(43(53)64)59-47(68)39-27-73-72-26-38(57-44(65)34(52)22-30-14-6-4-7-15-30)46(67)55-36(23-31-16-8-5-9-17-31)45(66)56-37(24-32-25-54-35-19-11-10-18-33(32)35)50(71)61(3)40(20-12-13-21-51)48(69)60-42(29(2)63)49(70)58-39/h4-11,14-19,25,28-29,34,36-42,54,62-63H,12-13,20-24,26-27,51-52H2,1-3H3,(H2,53,64)(H,55,67)(H,56,66)(H,57,65)(H,58,70)(H,59,68)(H,60,69)/t28-,29-,34-,36?,37-,38+,39?,40+,41+,42?/m1/s1. The molecule has 1 saturated heterocycles. The highest BCUT2D eigenvalue weighted by atomic mass is 33.1. The van der Waals surface area contributed by atoms with Gasteiger partial charge < -0.3 is 69.2 Å². The van der Waals surface area contributed by atoms with Crippen molar-refractivity contribution in [1.29, 1.82) is 0 Å². The molecule has 23 heteroatoms.